The Labute approximate surface area is 114 Å². The van der Waals surface area contributed by atoms with E-state index in [1.165, 1.54) is 5.56 Å². The van der Waals surface area contributed by atoms with E-state index in [9.17, 15) is 4.79 Å². The third-order valence-electron chi connectivity index (χ3n) is 2.82. The molecule has 0 fully saturated rings. The van der Waals surface area contributed by atoms with Crippen molar-refractivity contribution in [2.45, 2.75) is 11.8 Å². The molecule has 19 heavy (non-hydrogen) atoms. The highest BCUT2D eigenvalue weighted by Crippen LogP contribution is 2.23. The van der Waals surface area contributed by atoms with Crippen LogP contribution in [-0.2, 0) is 0 Å². The van der Waals surface area contributed by atoms with E-state index < -0.39 is 0 Å². The minimum absolute atomic E-state index is 0.182. The molecule has 0 saturated heterocycles. The molecule has 0 aliphatic rings. The molecule has 4 nitrogen and oxygen atoms in total. The summed E-state index contributed by atoms with van der Waals surface area (Å²) in [7, 11) is 0. The predicted octanol–water partition coefficient (Wildman–Crippen LogP) is 3.28. The zero-order valence-corrected chi connectivity index (χ0v) is 11.2. The van der Waals surface area contributed by atoms with Crippen LogP contribution in [0.2, 0.25) is 0 Å². The molecular weight excluding hydrogens is 258 g/mol. The van der Waals surface area contributed by atoms with Crippen molar-refractivity contribution < 1.29 is 0 Å². The van der Waals surface area contributed by atoms with Gasteiger partial charge in [0.25, 0.3) is 0 Å². The molecule has 2 aromatic carbocycles. The van der Waals surface area contributed by atoms with Crippen LogP contribution in [0.1, 0.15) is 5.56 Å². The lowest BCUT2D eigenvalue weighted by Gasteiger charge is -2.05. The molecule has 0 unspecified atom stereocenters. The maximum absolute atomic E-state index is 11.2. The van der Waals surface area contributed by atoms with E-state index in [4.69, 9.17) is 0 Å². The Hall–Kier alpha value is -2.14. The number of hydrogen-bond donors (Lipinski definition) is 3. The van der Waals surface area contributed by atoms with E-state index >= 15 is 0 Å². The van der Waals surface area contributed by atoms with Crippen molar-refractivity contribution in [1.29, 1.82) is 0 Å². The summed E-state index contributed by atoms with van der Waals surface area (Å²) in [5, 5.41) is 0. The molecule has 1 aromatic heterocycles. The first-order valence-electron chi connectivity index (χ1n) is 5.92. The molecule has 0 bridgehead atoms. The van der Waals surface area contributed by atoms with Gasteiger partial charge in [-0.1, -0.05) is 17.7 Å². The number of imidazole rings is 1. The summed E-state index contributed by atoms with van der Waals surface area (Å²) in [6, 6.07) is 14.0. The second-order valence-corrected chi connectivity index (χ2v) is 5.24. The molecular formula is C14H13N3OS. The number of anilines is 1. The Morgan fingerprint density at radius 1 is 1.00 bits per heavy atom. The second kappa shape index (κ2) is 4.85. The van der Waals surface area contributed by atoms with Gasteiger partial charge in [-0.15, -0.1) is 0 Å². The fraction of sp³-hybridized carbons (Fsp3) is 0.0714. The summed E-state index contributed by atoms with van der Waals surface area (Å²) in [5.41, 5.74) is 3.64. The van der Waals surface area contributed by atoms with Crippen molar-refractivity contribution in [3.63, 3.8) is 0 Å². The van der Waals surface area contributed by atoms with Crippen molar-refractivity contribution in [3.05, 3.63) is 58.5 Å². The van der Waals surface area contributed by atoms with Crippen LogP contribution in [0.4, 0.5) is 5.69 Å². The van der Waals surface area contributed by atoms with Crippen molar-refractivity contribution >= 4 is 28.7 Å². The first kappa shape index (κ1) is 11.9. The van der Waals surface area contributed by atoms with Gasteiger partial charge in [0.1, 0.15) is 0 Å². The number of rotatable bonds is 3. The van der Waals surface area contributed by atoms with Gasteiger partial charge in [-0.05, 0) is 49.2 Å². The summed E-state index contributed by atoms with van der Waals surface area (Å²) < 4.78 is 3.26. The highest BCUT2D eigenvalue weighted by molar-refractivity contribution is 8.00. The zero-order chi connectivity index (χ0) is 13.2. The summed E-state index contributed by atoms with van der Waals surface area (Å²) in [5.74, 6) is 0. The van der Waals surface area contributed by atoms with E-state index in [-0.39, 0.29) is 5.69 Å². The zero-order valence-electron chi connectivity index (χ0n) is 10.4. The molecule has 0 radical (unpaired) electrons. The first-order chi connectivity index (χ1) is 9.20. The van der Waals surface area contributed by atoms with E-state index in [1.54, 1.807) is 11.9 Å². The summed E-state index contributed by atoms with van der Waals surface area (Å²) >= 11 is 1.55. The Morgan fingerprint density at radius 2 is 1.74 bits per heavy atom. The summed E-state index contributed by atoms with van der Waals surface area (Å²) in [6.07, 6.45) is 0. The van der Waals surface area contributed by atoms with Crippen LogP contribution < -0.4 is 10.4 Å². The number of nitrogens with one attached hydrogen (secondary N) is 3. The highest BCUT2D eigenvalue weighted by atomic mass is 32.2. The van der Waals surface area contributed by atoms with Gasteiger partial charge in [0.15, 0.2) is 0 Å². The Kier molecular flexibility index (Phi) is 3.05. The Bertz CT molecular complexity index is 758. The van der Waals surface area contributed by atoms with Gasteiger partial charge in [-0.3, -0.25) is 0 Å². The van der Waals surface area contributed by atoms with Gasteiger partial charge in [0.05, 0.1) is 11.0 Å². The fourth-order valence-electron chi connectivity index (χ4n) is 1.82. The lowest BCUT2D eigenvalue weighted by Crippen LogP contribution is -1.99. The van der Waals surface area contributed by atoms with Crippen LogP contribution in [0, 0.1) is 6.92 Å². The SMILES string of the molecule is Cc1ccc(SNc2ccc3[nH]c(=O)[nH]c3c2)cc1. The highest BCUT2D eigenvalue weighted by Gasteiger charge is 2.00. The second-order valence-electron chi connectivity index (χ2n) is 4.36. The summed E-state index contributed by atoms with van der Waals surface area (Å²) in [4.78, 5) is 17.8. The largest absolute Gasteiger partial charge is 0.326 e. The van der Waals surface area contributed by atoms with Crippen molar-refractivity contribution in [1.82, 2.24) is 9.97 Å². The van der Waals surface area contributed by atoms with Gasteiger partial charge in [-0.2, -0.15) is 0 Å². The average molecular weight is 271 g/mol. The Morgan fingerprint density at radius 3 is 2.53 bits per heavy atom. The van der Waals surface area contributed by atoms with E-state index in [0.29, 0.717) is 0 Å². The third kappa shape index (κ3) is 2.66. The topological polar surface area (TPSA) is 60.7 Å². The van der Waals surface area contributed by atoms with Crippen LogP contribution in [0.5, 0.6) is 0 Å². The van der Waals surface area contributed by atoms with Crippen molar-refractivity contribution in [2.75, 3.05) is 4.72 Å². The minimum atomic E-state index is -0.182. The molecule has 96 valence electrons. The minimum Gasteiger partial charge on any atom is -0.326 e. The molecule has 0 atom stereocenters. The maximum Gasteiger partial charge on any atom is 0.323 e. The molecule has 0 amide bonds. The van der Waals surface area contributed by atoms with Crippen LogP contribution in [0.3, 0.4) is 0 Å². The van der Waals surface area contributed by atoms with Gasteiger partial charge in [-0.25, -0.2) is 4.79 Å². The van der Waals surface area contributed by atoms with Gasteiger partial charge in [0.2, 0.25) is 0 Å². The fourth-order valence-corrected chi connectivity index (χ4v) is 2.46. The van der Waals surface area contributed by atoms with E-state index in [1.807, 2.05) is 18.2 Å². The standard InChI is InChI=1S/C14H13N3OS/c1-9-2-5-11(6-3-9)19-17-10-4-7-12-13(8-10)16-14(18)15-12/h2-8,17H,1H3,(H2,15,16,18). The smallest absolute Gasteiger partial charge is 0.323 e. The number of aromatic nitrogens is 2. The molecule has 0 aliphatic carbocycles. The maximum atomic E-state index is 11.2. The molecule has 3 aromatic rings. The van der Waals surface area contributed by atoms with Gasteiger partial charge in [0, 0.05) is 10.6 Å². The van der Waals surface area contributed by atoms with Crippen LogP contribution in [-0.4, -0.2) is 9.97 Å². The molecule has 3 N–H and O–H groups in total. The molecule has 5 heteroatoms. The first-order valence-corrected chi connectivity index (χ1v) is 6.74. The lowest BCUT2D eigenvalue weighted by atomic mass is 10.2. The van der Waals surface area contributed by atoms with Gasteiger partial charge >= 0.3 is 5.69 Å². The number of aryl methyl sites for hydroxylation is 1. The predicted molar refractivity (Wildman–Crippen MR) is 79.6 cm³/mol. The third-order valence-corrected chi connectivity index (χ3v) is 3.67. The number of H-pyrrole nitrogens is 2. The van der Waals surface area contributed by atoms with E-state index in [2.05, 4.69) is 45.9 Å². The number of hydrogen-bond acceptors (Lipinski definition) is 3. The quantitative estimate of drug-likeness (QED) is 0.641. The van der Waals surface area contributed by atoms with Gasteiger partial charge < -0.3 is 14.7 Å². The molecule has 3 rings (SSSR count). The number of benzene rings is 2. The Balaban J connectivity index is 1.77. The monoisotopic (exact) mass is 271 g/mol. The average Bonchev–Trinajstić information content (AvgIpc) is 2.77. The van der Waals surface area contributed by atoms with Crippen LogP contribution in [0.15, 0.2) is 52.2 Å². The van der Waals surface area contributed by atoms with Crippen LogP contribution in [0.25, 0.3) is 11.0 Å². The van der Waals surface area contributed by atoms with Crippen molar-refractivity contribution in [3.8, 4) is 0 Å². The number of aromatic amines is 2. The molecule has 0 aliphatic heterocycles. The lowest BCUT2D eigenvalue weighted by molar-refractivity contribution is 1.22. The van der Waals surface area contributed by atoms with Crippen molar-refractivity contribution in [2.24, 2.45) is 0 Å². The molecule has 1 heterocycles. The number of fused-ring (bicyclic) bond motifs is 1. The van der Waals surface area contributed by atoms with Crippen LogP contribution >= 0.6 is 11.9 Å². The summed E-state index contributed by atoms with van der Waals surface area (Å²) in [6.45, 7) is 2.07. The van der Waals surface area contributed by atoms with E-state index in [0.717, 1.165) is 21.6 Å². The normalized spacial score (nSPS) is 10.8. The molecule has 0 spiro atoms. The molecule has 0 saturated carbocycles.